The average Bonchev–Trinajstić information content (AvgIpc) is 3.54. The van der Waals surface area contributed by atoms with Gasteiger partial charge in [-0.2, -0.15) is 0 Å². The van der Waals surface area contributed by atoms with Crippen LogP contribution in [0.5, 0.6) is 0 Å². The number of aryl methyl sites for hydroxylation is 1. The normalized spacial score (nSPS) is 13.0. The van der Waals surface area contributed by atoms with Crippen LogP contribution in [0, 0.1) is 5.92 Å². The number of hydrogen-bond acceptors (Lipinski definition) is 5. The lowest BCUT2D eigenvalue weighted by molar-refractivity contribution is -0.149. The fourth-order valence-corrected chi connectivity index (χ4v) is 6.92. The van der Waals surface area contributed by atoms with Gasteiger partial charge in [-0.1, -0.05) is 162 Å². The van der Waals surface area contributed by atoms with Crippen LogP contribution in [0.3, 0.4) is 0 Å². The van der Waals surface area contributed by atoms with Crippen LogP contribution in [0.25, 0.3) is 0 Å². The molecule has 0 aliphatic carbocycles. The van der Waals surface area contributed by atoms with Crippen LogP contribution in [0.4, 0.5) is 0 Å². The SMILES string of the molecule is CCCCCCCCCCCCC(O)CN(CCCCCCOC(=O)C(CCCCCC)CCCCCCCC)Cc1nccn1CC. The lowest BCUT2D eigenvalue weighted by Crippen LogP contribution is -2.34. The number of aliphatic hydroxyl groups excluding tert-OH is 1. The molecule has 0 bridgehead atoms. The van der Waals surface area contributed by atoms with Crippen LogP contribution in [0.2, 0.25) is 0 Å². The van der Waals surface area contributed by atoms with E-state index in [4.69, 9.17) is 4.74 Å². The summed E-state index contributed by atoms with van der Waals surface area (Å²) in [5, 5.41) is 10.9. The number of aromatic nitrogens is 2. The van der Waals surface area contributed by atoms with Crippen LogP contribution >= 0.6 is 0 Å². The molecule has 6 nitrogen and oxygen atoms in total. The van der Waals surface area contributed by atoms with Gasteiger partial charge in [0.1, 0.15) is 5.82 Å². The number of unbranched alkanes of at least 4 members (excludes halogenated alkanes) is 20. The topological polar surface area (TPSA) is 67.6 Å². The first-order valence-corrected chi connectivity index (χ1v) is 21.1. The van der Waals surface area contributed by atoms with E-state index in [1.54, 1.807) is 0 Å². The van der Waals surface area contributed by atoms with Crippen LogP contribution in [-0.2, 0) is 22.6 Å². The van der Waals surface area contributed by atoms with E-state index in [2.05, 4.69) is 48.3 Å². The molecule has 6 heteroatoms. The third-order valence-electron chi connectivity index (χ3n) is 10.1. The molecule has 0 aliphatic rings. The van der Waals surface area contributed by atoms with Gasteiger partial charge in [0.05, 0.1) is 25.2 Å². The van der Waals surface area contributed by atoms with Gasteiger partial charge in [-0.05, 0) is 45.6 Å². The summed E-state index contributed by atoms with van der Waals surface area (Å²) in [5.74, 6) is 1.22. The summed E-state index contributed by atoms with van der Waals surface area (Å²) in [6.07, 6.45) is 36.4. The summed E-state index contributed by atoms with van der Waals surface area (Å²) in [5.41, 5.74) is 0. The largest absolute Gasteiger partial charge is 0.465 e. The third kappa shape index (κ3) is 24.7. The maximum Gasteiger partial charge on any atom is 0.308 e. The molecule has 1 N–H and O–H groups in total. The highest BCUT2D eigenvalue weighted by Crippen LogP contribution is 2.21. The van der Waals surface area contributed by atoms with Crippen LogP contribution in [-0.4, -0.2) is 51.3 Å². The van der Waals surface area contributed by atoms with E-state index in [-0.39, 0.29) is 18.0 Å². The summed E-state index contributed by atoms with van der Waals surface area (Å²) in [6.45, 7) is 12.9. The Labute approximate surface area is 298 Å². The zero-order valence-electron chi connectivity index (χ0n) is 32.5. The zero-order chi connectivity index (χ0) is 34.9. The van der Waals surface area contributed by atoms with Gasteiger partial charge in [0.2, 0.25) is 0 Å². The summed E-state index contributed by atoms with van der Waals surface area (Å²) >= 11 is 0. The van der Waals surface area contributed by atoms with E-state index in [1.165, 1.54) is 109 Å². The standard InChI is InChI=1S/C42H81N3O3/c1-5-9-12-15-17-18-19-20-22-27-32-40(46)37-44(38-41-43-33-35-45(41)8-4)34-28-23-24-29-36-48-42(47)39(30-25-14-11-7-3)31-26-21-16-13-10-6-2/h33,35,39-40,46H,5-32,34,36-38H2,1-4H3. The molecule has 0 saturated heterocycles. The van der Waals surface area contributed by atoms with Crippen molar-refractivity contribution < 1.29 is 14.6 Å². The second kappa shape index (κ2) is 32.8. The fourth-order valence-electron chi connectivity index (χ4n) is 6.92. The minimum atomic E-state index is -0.283. The van der Waals surface area contributed by atoms with E-state index >= 15 is 0 Å². The zero-order valence-corrected chi connectivity index (χ0v) is 32.5. The van der Waals surface area contributed by atoms with E-state index in [0.29, 0.717) is 13.2 Å². The number of esters is 1. The summed E-state index contributed by atoms with van der Waals surface area (Å²) in [4.78, 5) is 20.0. The Morgan fingerprint density at radius 2 is 1.17 bits per heavy atom. The predicted octanol–water partition coefficient (Wildman–Crippen LogP) is 11.8. The molecule has 1 rings (SSSR count). The first-order chi connectivity index (χ1) is 23.5. The molecular weight excluding hydrogens is 594 g/mol. The van der Waals surface area contributed by atoms with E-state index in [9.17, 15) is 9.90 Å². The number of carbonyl (C=O) groups excluding carboxylic acids is 1. The van der Waals surface area contributed by atoms with Crippen molar-refractivity contribution in [3.05, 3.63) is 18.2 Å². The lowest BCUT2D eigenvalue weighted by Gasteiger charge is -2.25. The highest BCUT2D eigenvalue weighted by molar-refractivity contribution is 5.72. The molecule has 2 unspecified atom stereocenters. The van der Waals surface area contributed by atoms with E-state index < -0.39 is 0 Å². The minimum absolute atomic E-state index is 0.0501. The van der Waals surface area contributed by atoms with E-state index in [1.807, 2.05) is 6.20 Å². The minimum Gasteiger partial charge on any atom is -0.465 e. The molecule has 1 aromatic heterocycles. The molecule has 0 spiro atoms. The Morgan fingerprint density at radius 1 is 0.688 bits per heavy atom. The fraction of sp³-hybridized carbons (Fsp3) is 0.905. The maximum absolute atomic E-state index is 13.0. The number of hydrogen-bond donors (Lipinski definition) is 1. The number of imidazole rings is 1. The Bertz CT molecular complexity index is 829. The lowest BCUT2D eigenvalue weighted by atomic mass is 9.94. The number of nitrogens with zero attached hydrogens (tertiary/aromatic N) is 3. The quantitative estimate of drug-likeness (QED) is 0.0566. The van der Waals surface area contributed by atoms with Gasteiger partial charge < -0.3 is 14.4 Å². The van der Waals surface area contributed by atoms with Crippen molar-refractivity contribution in [1.29, 1.82) is 0 Å². The molecular formula is C42H81N3O3. The molecule has 0 fully saturated rings. The third-order valence-corrected chi connectivity index (χ3v) is 10.1. The number of ether oxygens (including phenoxy) is 1. The Morgan fingerprint density at radius 3 is 1.73 bits per heavy atom. The Hall–Kier alpha value is -1.40. The molecule has 48 heavy (non-hydrogen) atoms. The van der Waals surface area contributed by atoms with Crippen molar-refractivity contribution in [3.8, 4) is 0 Å². The van der Waals surface area contributed by atoms with Gasteiger partial charge >= 0.3 is 5.97 Å². The van der Waals surface area contributed by atoms with Crippen molar-refractivity contribution in [1.82, 2.24) is 14.5 Å². The monoisotopic (exact) mass is 676 g/mol. The van der Waals surface area contributed by atoms with Crippen molar-refractivity contribution in [2.45, 2.75) is 220 Å². The highest BCUT2D eigenvalue weighted by atomic mass is 16.5. The number of rotatable bonds is 36. The van der Waals surface area contributed by atoms with Crippen LogP contribution in [0.15, 0.2) is 12.4 Å². The molecule has 282 valence electrons. The second-order valence-corrected chi connectivity index (χ2v) is 14.7. The number of aliphatic hydroxyl groups is 1. The predicted molar refractivity (Wildman–Crippen MR) is 205 cm³/mol. The first-order valence-electron chi connectivity index (χ1n) is 21.1. The molecule has 0 aliphatic heterocycles. The van der Waals surface area contributed by atoms with Crippen LogP contribution < -0.4 is 0 Å². The summed E-state index contributed by atoms with van der Waals surface area (Å²) in [7, 11) is 0. The maximum atomic E-state index is 13.0. The first kappa shape index (κ1) is 44.6. The highest BCUT2D eigenvalue weighted by Gasteiger charge is 2.19. The van der Waals surface area contributed by atoms with Gasteiger partial charge in [-0.3, -0.25) is 9.69 Å². The Balaban J connectivity index is 2.37. The molecule has 0 aromatic carbocycles. The second-order valence-electron chi connectivity index (χ2n) is 14.7. The van der Waals surface area contributed by atoms with Crippen molar-refractivity contribution in [2.24, 2.45) is 5.92 Å². The van der Waals surface area contributed by atoms with Crippen molar-refractivity contribution in [2.75, 3.05) is 19.7 Å². The smallest absolute Gasteiger partial charge is 0.308 e. The number of carbonyl (C=O) groups is 1. The average molecular weight is 676 g/mol. The molecule has 0 radical (unpaired) electrons. The van der Waals surface area contributed by atoms with Gasteiger partial charge in [0.25, 0.3) is 0 Å². The van der Waals surface area contributed by atoms with Crippen LogP contribution in [0.1, 0.15) is 207 Å². The summed E-state index contributed by atoms with van der Waals surface area (Å²) < 4.78 is 8.04. The summed E-state index contributed by atoms with van der Waals surface area (Å²) in [6, 6.07) is 0. The van der Waals surface area contributed by atoms with Gasteiger partial charge in [-0.15, -0.1) is 0 Å². The van der Waals surface area contributed by atoms with Gasteiger partial charge in [-0.25, -0.2) is 4.98 Å². The van der Waals surface area contributed by atoms with Crippen molar-refractivity contribution in [3.63, 3.8) is 0 Å². The molecule has 0 saturated carbocycles. The Kier molecular flexibility index (Phi) is 30.5. The van der Waals surface area contributed by atoms with Crippen molar-refractivity contribution >= 4 is 5.97 Å². The van der Waals surface area contributed by atoms with Gasteiger partial charge in [0, 0.05) is 25.5 Å². The molecule has 2 atom stereocenters. The van der Waals surface area contributed by atoms with Gasteiger partial charge in [0.15, 0.2) is 0 Å². The van der Waals surface area contributed by atoms with E-state index in [0.717, 1.165) is 89.7 Å². The molecule has 1 heterocycles. The molecule has 0 amide bonds. The molecule has 1 aromatic rings.